The standard InChI is InChI=1S/C16H18O2Si/c1-13(17)18-19-12-16(14-8-4-2-5-9-14)15-10-6-3-7-11-15/h2-11,16H,12,19H2,1H3. The molecule has 0 aliphatic carbocycles. The van der Waals surface area contributed by atoms with E-state index in [1.807, 2.05) is 12.1 Å². The monoisotopic (exact) mass is 270 g/mol. The Morgan fingerprint density at radius 2 is 1.47 bits per heavy atom. The molecule has 0 unspecified atom stereocenters. The SMILES string of the molecule is CC(=O)O[SiH2]CC(c1ccccc1)c1ccccc1. The predicted molar refractivity (Wildman–Crippen MR) is 79.8 cm³/mol. The lowest BCUT2D eigenvalue weighted by Gasteiger charge is -2.17. The molecule has 0 fully saturated rings. The van der Waals surface area contributed by atoms with Crippen LogP contribution in [0.4, 0.5) is 0 Å². The zero-order chi connectivity index (χ0) is 13.5. The van der Waals surface area contributed by atoms with Gasteiger partial charge in [-0.15, -0.1) is 0 Å². The van der Waals surface area contributed by atoms with E-state index in [-0.39, 0.29) is 5.97 Å². The van der Waals surface area contributed by atoms with Crippen LogP contribution in [-0.4, -0.2) is 15.7 Å². The smallest absolute Gasteiger partial charge is 0.288 e. The van der Waals surface area contributed by atoms with E-state index in [0.717, 1.165) is 6.04 Å². The van der Waals surface area contributed by atoms with Crippen LogP contribution in [0.1, 0.15) is 24.0 Å². The highest BCUT2D eigenvalue weighted by Crippen LogP contribution is 2.27. The van der Waals surface area contributed by atoms with Gasteiger partial charge in [0.2, 0.25) is 9.76 Å². The first-order chi connectivity index (χ1) is 9.27. The first kappa shape index (κ1) is 13.6. The van der Waals surface area contributed by atoms with Gasteiger partial charge in [-0.25, -0.2) is 0 Å². The van der Waals surface area contributed by atoms with Gasteiger partial charge in [-0.3, -0.25) is 4.79 Å². The van der Waals surface area contributed by atoms with Gasteiger partial charge in [-0.1, -0.05) is 60.7 Å². The van der Waals surface area contributed by atoms with E-state index in [9.17, 15) is 4.79 Å². The van der Waals surface area contributed by atoms with Crippen molar-refractivity contribution in [2.75, 3.05) is 0 Å². The minimum absolute atomic E-state index is 0.161. The summed E-state index contributed by atoms with van der Waals surface area (Å²) in [6, 6.07) is 21.8. The molecule has 0 radical (unpaired) electrons. The topological polar surface area (TPSA) is 26.3 Å². The molecule has 0 atom stereocenters. The summed E-state index contributed by atoms with van der Waals surface area (Å²) < 4.78 is 5.22. The van der Waals surface area contributed by atoms with E-state index in [0.29, 0.717) is 5.92 Å². The highest BCUT2D eigenvalue weighted by atomic mass is 28.2. The first-order valence-corrected chi connectivity index (χ1v) is 8.08. The Morgan fingerprint density at radius 3 is 1.89 bits per heavy atom. The van der Waals surface area contributed by atoms with Crippen LogP contribution in [0.5, 0.6) is 0 Å². The third-order valence-corrected chi connectivity index (χ3v) is 4.54. The van der Waals surface area contributed by atoms with E-state index in [4.69, 9.17) is 4.43 Å². The Labute approximate surface area is 116 Å². The Bertz CT molecular complexity index is 471. The second kappa shape index (κ2) is 6.90. The summed E-state index contributed by atoms with van der Waals surface area (Å²) in [7, 11) is -0.821. The fourth-order valence-electron chi connectivity index (χ4n) is 2.22. The van der Waals surface area contributed by atoms with Crippen molar-refractivity contribution in [2.24, 2.45) is 0 Å². The predicted octanol–water partition coefficient (Wildman–Crippen LogP) is 2.88. The van der Waals surface area contributed by atoms with Gasteiger partial charge in [-0.05, 0) is 17.2 Å². The Balaban J connectivity index is 2.17. The summed E-state index contributed by atoms with van der Waals surface area (Å²) >= 11 is 0. The van der Waals surface area contributed by atoms with Crippen molar-refractivity contribution in [3.8, 4) is 0 Å². The molecule has 2 rings (SSSR count). The van der Waals surface area contributed by atoms with Gasteiger partial charge >= 0.3 is 0 Å². The first-order valence-electron chi connectivity index (χ1n) is 6.50. The lowest BCUT2D eigenvalue weighted by atomic mass is 9.93. The molecular formula is C16H18O2Si. The molecule has 19 heavy (non-hydrogen) atoms. The summed E-state index contributed by atoms with van der Waals surface area (Å²) in [5.74, 6) is 0.167. The average molecular weight is 270 g/mol. The maximum absolute atomic E-state index is 10.9. The maximum atomic E-state index is 10.9. The van der Waals surface area contributed by atoms with Crippen LogP contribution in [0, 0.1) is 0 Å². The van der Waals surface area contributed by atoms with Crippen molar-refractivity contribution in [1.29, 1.82) is 0 Å². The molecule has 2 aromatic rings. The maximum Gasteiger partial charge on any atom is 0.288 e. The molecule has 0 aliphatic heterocycles. The summed E-state index contributed by atoms with van der Waals surface area (Å²) in [6.07, 6.45) is 0. The molecule has 0 N–H and O–H groups in total. The van der Waals surface area contributed by atoms with Gasteiger partial charge in [0.25, 0.3) is 5.97 Å². The van der Waals surface area contributed by atoms with Gasteiger partial charge in [0.15, 0.2) is 0 Å². The fourth-order valence-corrected chi connectivity index (χ4v) is 3.52. The molecule has 0 spiro atoms. The molecule has 3 heteroatoms. The number of hydrogen-bond donors (Lipinski definition) is 0. The molecule has 0 heterocycles. The number of carbonyl (C=O) groups excluding carboxylic acids is 1. The molecule has 0 aromatic heterocycles. The molecule has 0 saturated carbocycles. The van der Waals surface area contributed by atoms with Gasteiger partial charge in [-0.2, -0.15) is 0 Å². The second-order valence-corrected chi connectivity index (χ2v) is 5.78. The minimum atomic E-state index is -0.821. The number of benzene rings is 2. The lowest BCUT2D eigenvalue weighted by molar-refractivity contribution is -0.131. The van der Waals surface area contributed by atoms with Gasteiger partial charge in [0.1, 0.15) is 0 Å². The van der Waals surface area contributed by atoms with Crippen molar-refractivity contribution in [3.05, 3.63) is 71.8 Å². The molecule has 0 aliphatic rings. The number of hydrogen-bond acceptors (Lipinski definition) is 2. The van der Waals surface area contributed by atoms with E-state index in [2.05, 4.69) is 48.5 Å². The quantitative estimate of drug-likeness (QED) is 0.781. The van der Waals surface area contributed by atoms with E-state index in [1.54, 1.807) is 0 Å². The van der Waals surface area contributed by atoms with E-state index < -0.39 is 9.76 Å². The molecule has 0 bridgehead atoms. The second-order valence-electron chi connectivity index (χ2n) is 4.50. The van der Waals surface area contributed by atoms with Crippen LogP contribution < -0.4 is 0 Å². The Kier molecular flexibility index (Phi) is 4.92. The van der Waals surface area contributed by atoms with Crippen LogP contribution in [-0.2, 0) is 9.22 Å². The van der Waals surface area contributed by atoms with Crippen molar-refractivity contribution < 1.29 is 9.22 Å². The number of rotatable bonds is 5. The van der Waals surface area contributed by atoms with Gasteiger partial charge < -0.3 is 4.43 Å². The van der Waals surface area contributed by atoms with Gasteiger partial charge in [0.05, 0.1) is 0 Å². The molecule has 98 valence electrons. The molecule has 2 aromatic carbocycles. The third kappa shape index (κ3) is 4.07. The van der Waals surface area contributed by atoms with Crippen LogP contribution >= 0.6 is 0 Å². The van der Waals surface area contributed by atoms with Crippen molar-refractivity contribution in [3.63, 3.8) is 0 Å². The van der Waals surface area contributed by atoms with Gasteiger partial charge in [0, 0.05) is 12.8 Å². The zero-order valence-electron chi connectivity index (χ0n) is 11.1. The summed E-state index contributed by atoms with van der Waals surface area (Å²) in [5.41, 5.74) is 2.57. The van der Waals surface area contributed by atoms with Crippen LogP contribution in [0.2, 0.25) is 6.04 Å². The summed E-state index contributed by atoms with van der Waals surface area (Å²) in [5, 5.41) is 0. The summed E-state index contributed by atoms with van der Waals surface area (Å²) in [6.45, 7) is 1.48. The Morgan fingerprint density at radius 1 is 1.00 bits per heavy atom. The normalized spacial score (nSPS) is 11.1. The van der Waals surface area contributed by atoms with Crippen molar-refractivity contribution >= 4 is 15.7 Å². The van der Waals surface area contributed by atoms with Crippen molar-refractivity contribution in [2.45, 2.75) is 18.9 Å². The largest absolute Gasteiger partial charge is 0.525 e. The zero-order valence-corrected chi connectivity index (χ0v) is 12.5. The summed E-state index contributed by atoms with van der Waals surface area (Å²) in [4.78, 5) is 10.9. The molecule has 2 nitrogen and oxygen atoms in total. The van der Waals surface area contributed by atoms with Crippen LogP contribution in [0.25, 0.3) is 0 Å². The van der Waals surface area contributed by atoms with E-state index in [1.165, 1.54) is 18.1 Å². The Hall–Kier alpha value is -1.87. The number of carbonyl (C=O) groups is 1. The van der Waals surface area contributed by atoms with E-state index >= 15 is 0 Å². The van der Waals surface area contributed by atoms with Crippen LogP contribution in [0.3, 0.4) is 0 Å². The fraction of sp³-hybridized carbons (Fsp3) is 0.188. The molecule has 0 saturated heterocycles. The highest BCUT2D eigenvalue weighted by Gasteiger charge is 2.14. The molecule has 0 amide bonds. The lowest BCUT2D eigenvalue weighted by Crippen LogP contribution is -2.10. The average Bonchev–Trinajstić information content (AvgIpc) is 2.45. The minimum Gasteiger partial charge on any atom is -0.525 e. The van der Waals surface area contributed by atoms with Crippen LogP contribution in [0.15, 0.2) is 60.7 Å². The highest BCUT2D eigenvalue weighted by molar-refractivity contribution is 6.30. The molecular weight excluding hydrogens is 252 g/mol. The third-order valence-electron chi connectivity index (χ3n) is 3.12. The van der Waals surface area contributed by atoms with Crippen molar-refractivity contribution in [1.82, 2.24) is 0 Å².